The van der Waals surface area contributed by atoms with Gasteiger partial charge in [0.2, 0.25) is 5.95 Å². The third-order valence-electron chi connectivity index (χ3n) is 6.97. The molecular weight excluding hydrogens is 440 g/mol. The molecule has 0 radical (unpaired) electrons. The molecule has 1 unspecified atom stereocenters. The Balaban J connectivity index is 1.48. The number of aliphatic hydroxyl groups is 1. The predicted octanol–water partition coefficient (Wildman–Crippen LogP) is 3.89. The largest absolute Gasteiger partial charge is 0.393 e. The number of hydrogen-bond donors (Lipinski definition) is 2. The number of para-hydroxylation sites is 1. The summed E-state index contributed by atoms with van der Waals surface area (Å²) in [6.45, 7) is 2.21. The Bertz CT molecular complexity index is 1010. The number of halogens is 1. The van der Waals surface area contributed by atoms with Crippen LogP contribution in [0.5, 0.6) is 0 Å². The van der Waals surface area contributed by atoms with E-state index in [4.69, 9.17) is 16.6 Å². The summed E-state index contributed by atoms with van der Waals surface area (Å²) in [4.78, 5) is 29.1. The van der Waals surface area contributed by atoms with E-state index < -0.39 is 0 Å². The Kier molecular flexibility index (Phi) is 6.40. The molecule has 1 aromatic heterocycles. The van der Waals surface area contributed by atoms with Gasteiger partial charge in [0.05, 0.1) is 29.4 Å². The maximum Gasteiger partial charge on any atom is 0.330 e. The van der Waals surface area contributed by atoms with Crippen molar-refractivity contribution >= 4 is 35.1 Å². The van der Waals surface area contributed by atoms with Crippen molar-refractivity contribution in [2.45, 2.75) is 63.3 Å². The van der Waals surface area contributed by atoms with E-state index in [2.05, 4.69) is 22.2 Å². The second kappa shape index (κ2) is 9.44. The average molecular weight is 471 g/mol. The van der Waals surface area contributed by atoms with Crippen LogP contribution in [0.25, 0.3) is 0 Å². The van der Waals surface area contributed by atoms with Gasteiger partial charge in [0.1, 0.15) is 5.82 Å². The smallest absolute Gasteiger partial charge is 0.330 e. The standard InChI is InChI=1S/C24H31ClN6O2/c1-29-12-4-5-18(15-29)31-22-16(14-30(24(31)33)21-7-3-2-6-20(21)25)13-26-23(28-22)27-17-8-10-19(32)11-9-17/h2-3,6-7,13,17-19,32H,4-5,8-12,14-15H2,1H3,(H,26,27,28)/t17-,18?,19-. The van der Waals surface area contributed by atoms with Crippen LogP contribution in [0.2, 0.25) is 5.02 Å². The van der Waals surface area contributed by atoms with Gasteiger partial charge < -0.3 is 15.3 Å². The zero-order valence-corrected chi connectivity index (χ0v) is 19.7. The first-order chi connectivity index (χ1) is 16.0. The number of nitrogens with zero attached hydrogens (tertiary/aromatic N) is 5. The van der Waals surface area contributed by atoms with E-state index in [9.17, 15) is 9.90 Å². The Hall–Kier alpha value is -2.42. The van der Waals surface area contributed by atoms with Gasteiger partial charge >= 0.3 is 6.03 Å². The molecule has 8 nitrogen and oxygen atoms in total. The number of benzene rings is 1. The minimum Gasteiger partial charge on any atom is -0.393 e. The summed E-state index contributed by atoms with van der Waals surface area (Å²) < 4.78 is 0. The first-order valence-electron chi connectivity index (χ1n) is 11.8. The van der Waals surface area contributed by atoms with E-state index in [0.717, 1.165) is 57.2 Å². The molecule has 1 saturated heterocycles. The fourth-order valence-corrected chi connectivity index (χ4v) is 5.42. The molecule has 1 aliphatic carbocycles. The van der Waals surface area contributed by atoms with Crippen molar-refractivity contribution in [1.29, 1.82) is 0 Å². The van der Waals surface area contributed by atoms with E-state index in [1.807, 2.05) is 35.4 Å². The van der Waals surface area contributed by atoms with Gasteiger partial charge in [-0.25, -0.2) is 9.78 Å². The van der Waals surface area contributed by atoms with Gasteiger partial charge in [0, 0.05) is 24.3 Å². The van der Waals surface area contributed by atoms with Crippen molar-refractivity contribution in [2.75, 3.05) is 35.3 Å². The van der Waals surface area contributed by atoms with Gasteiger partial charge in [-0.05, 0) is 64.3 Å². The Morgan fingerprint density at radius 1 is 1.15 bits per heavy atom. The van der Waals surface area contributed by atoms with Crippen molar-refractivity contribution in [2.24, 2.45) is 0 Å². The lowest BCUT2D eigenvalue weighted by atomic mass is 9.93. The van der Waals surface area contributed by atoms with Gasteiger partial charge in [-0.2, -0.15) is 4.98 Å². The third-order valence-corrected chi connectivity index (χ3v) is 7.29. The molecule has 1 aromatic carbocycles. The quantitative estimate of drug-likeness (QED) is 0.705. The van der Waals surface area contributed by atoms with Crippen LogP contribution in [0.3, 0.4) is 0 Å². The second-order valence-electron chi connectivity index (χ2n) is 9.44. The number of piperidine rings is 1. The molecule has 2 amide bonds. The number of carbonyl (C=O) groups is 1. The minimum absolute atomic E-state index is 0.0351. The number of urea groups is 1. The molecule has 1 atom stereocenters. The monoisotopic (exact) mass is 470 g/mol. The number of anilines is 3. The molecule has 2 fully saturated rings. The molecular formula is C24H31ClN6O2. The van der Waals surface area contributed by atoms with Gasteiger partial charge in [-0.1, -0.05) is 23.7 Å². The highest BCUT2D eigenvalue weighted by molar-refractivity contribution is 6.34. The highest BCUT2D eigenvalue weighted by Crippen LogP contribution is 2.36. The van der Waals surface area contributed by atoms with Crippen molar-refractivity contribution in [1.82, 2.24) is 14.9 Å². The van der Waals surface area contributed by atoms with E-state index in [-0.39, 0.29) is 24.2 Å². The molecule has 176 valence electrons. The second-order valence-corrected chi connectivity index (χ2v) is 9.85. The first kappa shape index (κ1) is 22.4. The number of likely N-dealkylation sites (tertiary alicyclic amines) is 1. The number of aromatic nitrogens is 2. The summed E-state index contributed by atoms with van der Waals surface area (Å²) in [7, 11) is 2.10. The molecule has 2 aliphatic heterocycles. The van der Waals surface area contributed by atoms with E-state index in [1.54, 1.807) is 4.90 Å². The van der Waals surface area contributed by atoms with Crippen molar-refractivity contribution < 1.29 is 9.90 Å². The zero-order valence-electron chi connectivity index (χ0n) is 19.0. The van der Waals surface area contributed by atoms with Crippen LogP contribution >= 0.6 is 11.6 Å². The van der Waals surface area contributed by atoms with E-state index >= 15 is 0 Å². The van der Waals surface area contributed by atoms with Crippen LogP contribution < -0.4 is 15.1 Å². The lowest BCUT2D eigenvalue weighted by Gasteiger charge is -2.43. The Morgan fingerprint density at radius 2 is 1.94 bits per heavy atom. The van der Waals surface area contributed by atoms with Gasteiger partial charge in [-0.3, -0.25) is 9.80 Å². The molecule has 2 aromatic rings. The number of rotatable bonds is 4. The molecule has 3 aliphatic rings. The van der Waals surface area contributed by atoms with Crippen LogP contribution in [-0.4, -0.2) is 64.3 Å². The Labute approximate surface area is 199 Å². The molecule has 3 heterocycles. The SMILES string of the molecule is CN1CCCC(N2C(=O)N(c3ccccc3Cl)Cc3cnc(N[C@H]4CC[C@H](O)CC4)nc32)C1. The molecule has 1 saturated carbocycles. The number of likely N-dealkylation sites (N-methyl/N-ethyl adjacent to an activating group) is 1. The lowest BCUT2D eigenvalue weighted by molar-refractivity contribution is 0.126. The number of fused-ring (bicyclic) bond motifs is 1. The summed E-state index contributed by atoms with van der Waals surface area (Å²) >= 11 is 6.47. The molecule has 0 bridgehead atoms. The summed E-state index contributed by atoms with van der Waals surface area (Å²) in [6.07, 6.45) is 6.93. The van der Waals surface area contributed by atoms with E-state index in [1.165, 1.54) is 0 Å². The van der Waals surface area contributed by atoms with Crippen LogP contribution in [-0.2, 0) is 6.54 Å². The fourth-order valence-electron chi connectivity index (χ4n) is 5.19. The normalized spacial score (nSPS) is 26.3. The van der Waals surface area contributed by atoms with Crippen molar-refractivity contribution in [3.63, 3.8) is 0 Å². The fraction of sp³-hybridized carbons (Fsp3) is 0.542. The number of amides is 2. The third kappa shape index (κ3) is 4.65. The van der Waals surface area contributed by atoms with Gasteiger partial charge in [0.15, 0.2) is 0 Å². The number of nitrogens with one attached hydrogen (secondary N) is 1. The molecule has 33 heavy (non-hydrogen) atoms. The summed E-state index contributed by atoms with van der Waals surface area (Å²) in [6, 6.07) is 7.63. The Morgan fingerprint density at radius 3 is 2.70 bits per heavy atom. The topological polar surface area (TPSA) is 84.8 Å². The van der Waals surface area contributed by atoms with Gasteiger partial charge in [0.25, 0.3) is 0 Å². The average Bonchev–Trinajstić information content (AvgIpc) is 2.81. The lowest BCUT2D eigenvalue weighted by Crippen LogP contribution is -2.56. The van der Waals surface area contributed by atoms with Crippen LogP contribution in [0.4, 0.5) is 22.2 Å². The molecule has 0 spiro atoms. The van der Waals surface area contributed by atoms with Gasteiger partial charge in [-0.15, -0.1) is 0 Å². The number of hydrogen-bond acceptors (Lipinski definition) is 6. The number of aliphatic hydroxyl groups excluding tert-OH is 1. The summed E-state index contributed by atoms with van der Waals surface area (Å²) in [5, 5.41) is 13.8. The molecule has 9 heteroatoms. The number of carbonyl (C=O) groups excluding carboxylic acids is 1. The van der Waals surface area contributed by atoms with Crippen molar-refractivity contribution in [3.8, 4) is 0 Å². The van der Waals surface area contributed by atoms with Crippen LogP contribution in [0.15, 0.2) is 30.5 Å². The maximum absolute atomic E-state index is 13.9. The zero-order chi connectivity index (χ0) is 22.9. The molecule has 5 rings (SSSR count). The van der Waals surface area contributed by atoms with Crippen LogP contribution in [0, 0.1) is 0 Å². The molecule has 2 N–H and O–H groups in total. The summed E-state index contributed by atoms with van der Waals surface area (Å²) in [5.74, 6) is 1.24. The highest BCUT2D eigenvalue weighted by Gasteiger charge is 2.39. The minimum atomic E-state index is -0.209. The maximum atomic E-state index is 13.9. The summed E-state index contributed by atoms with van der Waals surface area (Å²) in [5.41, 5.74) is 1.61. The highest BCUT2D eigenvalue weighted by atomic mass is 35.5. The van der Waals surface area contributed by atoms with Crippen LogP contribution in [0.1, 0.15) is 44.1 Å². The predicted molar refractivity (Wildman–Crippen MR) is 130 cm³/mol. The van der Waals surface area contributed by atoms with Crippen molar-refractivity contribution in [3.05, 3.63) is 41.0 Å². The first-order valence-corrected chi connectivity index (χ1v) is 12.2. The van der Waals surface area contributed by atoms with E-state index in [0.29, 0.717) is 29.0 Å².